The molecule has 0 saturated heterocycles. The number of carbonyl (C=O) groups excluding carboxylic acids is 1. The van der Waals surface area contributed by atoms with Crippen LogP contribution in [-0.2, 0) is 0 Å². The molecule has 1 aromatic rings. The lowest BCUT2D eigenvalue weighted by Crippen LogP contribution is -1.98. The summed E-state index contributed by atoms with van der Waals surface area (Å²) in [6.07, 6.45) is 1.24. The topological polar surface area (TPSA) is 30.0 Å². The molecule has 0 spiro atoms. The number of Topliss-reactive ketones (excluding diaryl/α,β-unsaturated/α-hetero) is 1. The molecule has 60 valence electrons. The van der Waals surface area contributed by atoms with Crippen LogP contribution in [0.15, 0.2) is 11.4 Å². The summed E-state index contributed by atoms with van der Waals surface area (Å²) in [6.45, 7) is 0. The lowest BCUT2D eigenvalue weighted by atomic mass is 10.2. The van der Waals surface area contributed by atoms with Crippen molar-refractivity contribution in [3.05, 3.63) is 17.1 Å². The zero-order chi connectivity index (χ0) is 8.10. The fourth-order valence-electron chi connectivity index (χ4n) is 0.712. The molecule has 0 unspecified atom stereocenters. The molecule has 0 aliphatic rings. The Kier molecular flexibility index (Phi) is 3.52. The Morgan fingerprint density at radius 1 is 1.73 bits per heavy atom. The monoisotopic (exact) mass is 189 g/mol. The van der Waals surface area contributed by atoms with E-state index in [1.165, 1.54) is 11.5 Å². The first kappa shape index (κ1) is 8.68. The summed E-state index contributed by atoms with van der Waals surface area (Å²) in [4.78, 5) is 11.2. The molecule has 0 saturated carbocycles. The first-order chi connectivity index (χ1) is 5.34. The van der Waals surface area contributed by atoms with Crippen molar-refractivity contribution in [3.8, 4) is 0 Å². The van der Waals surface area contributed by atoms with E-state index in [0.29, 0.717) is 18.0 Å². The van der Waals surface area contributed by atoms with Crippen LogP contribution in [0.4, 0.5) is 0 Å². The summed E-state index contributed by atoms with van der Waals surface area (Å²) in [5.41, 5.74) is 0.570. The molecule has 0 aromatic carbocycles. The standard InChI is InChI=1S/C7H8ClNOS/c8-4-1-2-7(10)6-3-5-11-9-6/h3,5H,1-2,4H2. The van der Waals surface area contributed by atoms with Crippen molar-refractivity contribution in [2.75, 3.05) is 5.88 Å². The predicted molar refractivity (Wildman–Crippen MR) is 46.4 cm³/mol. The highest BCUT2D eigenvalue weighted by atomic mass is 35.5. The van der Waals surface area contributed by atoms with Gasteiger partial charge >= 0.3 is 0 Å². The van der Waals surface area contributed by atoms with Gasteiger partial charge in [0.05, 0.1) is 0 Å². The fourth-order valence-corrected chi connectivity index (χ4v) is 1.37. The van der Waals surface area contributed by atoms with E-state index < -0.39 is 0 Å². The number of aromatic nitrogens is 1. The van der Waals surface area contributed by atoms with Gasteiger partial charge in [0.2, 0.25) is 0 Å². The van der Waals surface area contributed by atoms with Gasteiger partial charge in [-0.2, -0.15) is 4.37 Å². The molecule has 0 N–H and O–H groups in total. The average molecular weight is 190 g/mol. The van der Waals surface area contributed by atoms with E-state index in [0.717, 1.165) is 6.42 Å². The second-order valence-electron chi connectivity index (χ2n) is 2.10. The van der Waals surface area contributed by atoms with E-state index in [4.69, 9.17) is 11.6 Å². The number of ketones is 1. The predicted octanol–water partition coefficient (Wildman–Crippen LogP) is 2.34. The molecule has 0 bridgehead atoms. The normalized spacial score (nSPS) is 9.91. The number of hydrogen-bond acceptors (Lipinski definition) is 3. The zero-order valence-electron chi connectivity index (χ0n) is 5.92. The van der Waals surface area contributed by atoms with Gasteiger partial charge in [0.1, 0.15) is 5.69 Å². The summed E-state index contributed by atoms with van der Waals surface area (Å²) in [5.74, 6) is 0.627. The maximum absolute atomic E-state index is 11.2. The molecule has 11 heavy (non-hydrogen) atoms. The van der Waals surface area contributed by atoms with E-state index in [-0.39, 0.29) is 5.78 Å². The third-order valence-corrected chi connectivity index (χ3v) is 2.09. The Balaban J connectivity index is 2.43. The van der Waals surface area contributed by atoms with Gasteiger partial charge in [-0.25, -0.2) is 0 Å². The van der Waals surface area contributed by atoms with Crippen LogP contribution in [0.3, 0.4) is 0 Å². The molecule has 0 radical (unpaired) electrons. The number of nitrogens with zero attached hydrogens (tertiary/aromatic N) is 1. The average Bonchev–Trinajstić information content (AvgIpc) is 2.52. The van der Waals surface area contributed by atoms with Crippen molar-refractivity contribution in [1.82, 2.24) is 4.37 Å². The van der Waals surface area contributed by atoms with Gasteiger partial charge in [-0.1, -0.05) is 0 Å². The third kappa shape index (κ3) is 2.60. The van der Waals surface area contributed by atoms with Gasteiger partial charge in [0.15, 0.2) is 5.78 Å². The molecule has 1 aromatic heterocycles. The molecule has 0 fully saturated rings. The van der Waals surface area contributed by atoms with E-state index in [9.17, 15) is 4.79 Å². The van der Waals surface area contributed by atoms with Crippen molar-refractivity contribution < 1.29 is 4.79 Å². The lowest BCUT2D eigenvalue weighted by molar-refractivity contribution is 0.0978. The maximum Gasteiger partial charge on any atom is 0.182 e. The quantitative estimate of drug-likeness (QED) is 0.538. The highest BCUT2D eigenvalue weighted by Gasteiger charge is 2.05. The molecule has 0 atom stereocenters. The van der Waals surface area contributed by atoms with E-state index in [2.05, 4.69) is 4.37 Å². The van der Waals surface area contributed by atoms with Gasteiger partial charge in [0.25, 0.3) is 0 Å². The summed E-state index contributed by atoms with van der Waals surface area (Å²) in [5, 5.41) is 1.80. The number of carbonyl (C=O) groups is 1. The minimum absolute atomic E-state index is 0.0897. The first-order valence-electron chi connectivity index (χ1n) is 3.34. The molecule has 4 heteroatoms. The van der Waals surface area contributed by atoms with Gasteiger partial charge in [-0.15, -0.1) is 11.6 Å². The highest BCUT2D eigenvalue weighted by Crippen LogP contribution is 2.05. The minimum atomic E-state index is 0.0897. The molecule has 0 amide bonds. The summed E-state index contributed by atoms with van der Waals surface area (Å²) >= 11 is 6.73. The van der Waals surface area contributed by atoms with E-state index >= 15 is 0 Å². The molecular formula is C7H8ClNOS. The highest BCUT2D eigenvalue weighted by molar-refractivity contribution is 7.03. The Hall–Kier alpha value is -0.410. The molecule has 0 aliphatic heterocycles. The van der Waals surface area contributed by atoms with Gasteiger partial charge in [0, 0.05) is 17.7 Å². The van der Waals surface area contributed by atoms with E-state index in [1.807, 2.05) is 0 Å². The van der Waals surface area contributed by atoms with Crippen molar-refractivity contribution in [1.29, 1.82) is 0 Å². The molecule has 2 nitrogen and oxygen atoms in total. The second kappa shape index (κ2) is 4.46. The Bertz CT molecular complexity index is 222. The number of hydrogen-bond donors (Lipinski definition) is 0. The molecule has 0 aliphatic carbocycles. The molecule has 1 heterocycles. The zero-order valence-corrected chi connectivity index (χ0v) is 7.49. The van der Waals surface area contributed by atoms with Gasteiger partial charge in [-0.3, -0.25) is 4.79 Å². The van der Waals surface area contributed by atoms with Crippen molar-refractivity contribution in [2.45, 2.75) is 12.8 Å². The smallest absolute Gasteiger partial charge is 0.182 e. The van der Waals surface area contributed by atoms with Crippen LogP contribution in [0.5, 0.6) is 0 Å². The van der Waals surface area contributed by atoms with Crippen molar-refractivity contribution in [2.24, 2.45) is 0 Å². The summed E-state index contributed by atoms with van der Waals surface area (Å²) in [7, 11) is 0. The summed E-state index contributed by atoms with van der Waals surface area (Å²) in [6, 6.07) is 1.74. The maximum atomic E-state index is 11.2. The Morgan fingerprint density at radius 2 is 2.55 bits per heavy atom. The van der Waals surface area contributed by atoms with Gasteiger partial charge < -0.3 is 0 Å². The Morgan fingerprint density at radius 3 is 3.09 bits per heavy atom. The Labute approximate surface area is 74.4 Å². The van der Waals surface area contributed by atoms with Crippen LogP contribution in [0.1, 0.15) is 23.3 Å². The number of alkyl halides is 1. The van der Waals surface area contributed by atoms with Crippen molar-refractivity contribution >= 4 is 28.9 Å². The van der Waals surface area contributed by atoms with Crippen LogP contribution < -0.4 is 0 Å². The largest absolute Gasteiger partial charge is 0.292 e. The third-order valence-electron chi connectivity index (χ3n) is 1.26. The number of halogens is 1. The lowest BCUT2D eigenvalue weighted by Gasteiger charge is -1.91. The van der Waals surface area contributed by atoms with Crippen LogP contribution in [-0.4, -0.2) is 16.0 Å². The SMILES string of the molecule is O=C(CCCCl)c1ccsn1. The molecular weight excluding hydrogens is 182 g/mol. The second-order valence-corrected chi connectivity index (χ2v) is 3.14. The van der Waals surface area contributed by atoms with E-state index in [1.54, 1.807) is 11.4 Å². The van der Waals surface area contributed by atoms with Crippen LogP contribution in [0.25, 0.3) is 0 Å². The fraction of sp³-hybridized carbons (Fsp3) is 0.429. The summed E-state index contributed by atoms with van der Waals surface area (Å²) < 4.78 is 3.92. The van der Waals surface area contributed by atoms with Crippen LogP contribution in [0, 0.1) is 0 Å². The van der Waals surface area contributed by atoms with Gasteiger partial charge in [-0.05, 0) is 24.0 Å². The minimum Gasteiger partial charge on any atom is -0.292 e. The number of rotatable bonds is 4. The van der Waals surface area contributed by atoms with Crippen LogP contribution in [0.2, 0.25) is 0 Å². The van der Waals surface area contributed by atoms with Crippen molar-refractivity contribution in [3.63, 3.8) is 0 Å². The molecule has 1 rings (SSSR count). The van der Waals surface area contributed by atoms with Crippen LogP contribution >= 0.6 is 23.1 Å². The first-order valence-corrected chi connectivity index (χ1v) is 4.71.